The Morgan fingerprint density at radius 3 is 2.57 bits per heavy atom. The van der Waals surface area contributed by atoms with E-state index in [-0.39, 0.29) is 12.2 Å². The second kappa shape index (κ2) is 5.40. The molecule has 0 fully saturated rings. The molecular formula is C17H11F2NO. The highest BCUT2D eigenvalue weighted by molar-refractivity contribution is 6.08. The fourth-order valence-corrected chi connectivity index (χ4v) is 2.36. The minimum absolute atomic E-state index is 0.0455. The molecule has 4 heteroatoms. The topological polar surface area (TPSA) is 30.0 Å². The third-order valence-electron chi connectivity index (χ3n) is 3.27. The molecular weight excluding hydrogens is 272 g/mol. The van der Waals surface area contributed by atoms with E-state index >= 15 is 0 Å². The van der Waals surface area contributed by atoms with E-state index in [1.807, 2.05) is 6.07 Å². The van der Waals surface area contributed by atoms with Gasteiger partial charge in [-0.2, -0.15) is 0 Å². The molecule has 3 rings (SSSR count). The largest absolute Gasteiger partial charge is 0.294 e. The van der Waals surface area contributed by atoms with Crippen molar-refractivity contribution in [2.75, 3.05) is 0 Å². The van der Waals surface area contributed by atoms with E-state index in [0.29, 0.717) is 11.1 Å². The minimum Gasteiger partial charge on any atom is -0.294 e. The van der Waals surface area contributed by atoms with E-state index in [1.165, 1.54) is 12.1 Å². The van der Waals surface area contributed by atoms with E-state index < -0.39 is 11.6 Å². The number of benzene rings is 2. The summed E-state index contributed by atoms with van der Waals surface area (Å²) >= 11 is 0. The number of carbonyl (C=O) groups excluding carboxylic acids is 1. The van der Waals surface area contributed by atoms with Gasteiger partial charge < -0.3 is 0 Å². The molecule has 21 heavy (non-hydrogen) atoms. The first-order valence-corrected chi connectivity index (χ1v) is 6.44. The van der Waals surface area contributed by atoms with Gasteiger partial charge in [-0.1, -0.05) is 18.2 Å². The second-order valence-electron chi connectivity index (χ2n) is 4.78. The summed E-state index contributed by atoms with van der Waals surface area (Å²) in [5, 5.41) is 1.64. The molecule has 0 atom stereocenters. The Balaban J connectivity index is 1.97. The first kappa shape index (κ1) is 13.4. The summed E-state index contributed by atoms with van der Waals surface area (Å²) in [6.45, 7) is 0. The fraction of sp³-hybridized carbons (Fsp3) is 0.0588. The maximum absolute atomic E-state index is 13.2. The monoisotopic (exact) mass is 283 g/mol. The molecule has 1 aromatic heterocycles. The highest BCUT2D eigenvalue weighted by Crippen LogP contribution is 2.20. The number of carbonyl (C=O) groups is 1. The number of hydrogen-bond donors (Lipinski definition) is 0. The summed E-state index contributed by atoms with van der Waals surface area (Å²) in [4.78, 5) is 16.4. The van der Waals surface area contributed by atoms with Gasteiger partial charge in [0.1, 0.15) is 11.6 Å². The Labute approximate surface area is 120 Å². The van der Waals surface area contributed by atoms with E-state index in [1.54, 1.807) is 30.6 Å². The fourth-order valence-electron chi connectivity index (χ4n) is 2.36. The second-order valence-corrected chi connectivity index (χ2v) is 4.78. The smallest absolute Gasteiger partial charge is 0.167 e. The molecule has 1 heterocycles. The summed E-state index contributed by atoms with van der Waals surface area (Å²) in [6, 6.07) is 10.2. The average Bonchev–Trinajstić information content (AvgIpc) is 2.45. The van der Waals surface area contributed by atoms with Gasteiger partial charge >= 0.3 is 0 Å². The van der Waals surface area contributed by atoms with Gasteiger partial charge in [-0.25, -0.2) is 8.78 Å². The van der Waals surface area contributed by atoms with Crippen LogP contribution < -0.4 is 0 Å². The van der Waals surface area contributed by atoms with Crippen molar-refractivity contribution in [2.45, 2.75) is 6.42 Å². The number of aromatic nitrogens is 1. The van der Waals surface area contributed by atoms with Crippen LogP contribution in [-0.2, 0) is 6.42 Å². The lowest BCUT2D eigenvalue weighted by atomic mass is 9.98. The molecule has 104 valence electrons. The Kier molecular flexibility index (Phi) is 3.44. The van der Waals surface area contributed by atoms with Crippen LogP contribution in [0.15, 0.2) is 54.9 Å². The van der Waals surface area contributed by atoms with Crippen molar-refractivity contribution in [1.82, 2.24) is 4.98 Å². The standard InChI is InChI=1S/C17H11F2NO/c18-13-6-11(7-14(19)9-13)8-17(21)16-3-1-2-12-10-20-5-4-15(12)16/h1-7,9-10H,8H2. The summed E-state index contributed by atoms with van der Waals surface area (Å²) in [5.74, 6) is -1.54. The molecule has 3 aromatic rings. The van der Waals surface area contributed by atoms with Gasteiger partial charge in [-0.15, -0.1) is 0 Å². The normalized spacial score (nSPS) is 10.8. The molecule has 0 saturated heterocycles. The van der Waals surface area contributed by atoms with Gasteiger partial charge in [0.25, 0.3) is 0 Å². The van der Waals surface area contributed by atoms with Crippen LogP contribution in [0.5, 0.6) is 0 Å². The zero-order chi connectivity index (χ0) is 14.8. The molecule has 0 unspecified atom stereocenters. The van der Waals surface area contributed by atoms with Gasteiger partial charge in [-0.3, -0.25) is 9.78 Å². The van der Waals surface area contributed by atoms with E-state index in [2.05, 4.69) is 4.98 Å². The predicted molar refractivity (Wildman–Crippen MR) is 76.1 cm³/mol. The maximum Gasteiger partial charge on any atom is 0.167 e. The van der Waals surface area contributed by atoms with Crippen molar-refractivity contribution in [3.63, 3.8) is 0 Å². The van der Waals surface area contributed by atoms with Crippen LogP contribution >= 0.6 is 0 Å². The van der Waals surface area contributed by atoms with Crippen LogP contribution in [0.25, 0.3) is 10.8 Å². The van der Waals surface area contributed by atoms with Crippen molar-refractivity contribution < 1.29 is 13.6 Å². The summed E-state index contributed by atoms with van der Waals surface area (Å²) < 4.78 is 26.3. The number of halogens is 2. The van der Waals surface area contributed by atoms with Gasteiger partial charge in [0.2, 0.25) is 0 Å². The van der Waals surface area contributed by atoms with Crippen LogP contribution in [0, 0.1) is 11.6 Å². The van der Waals surface area contributed by atoms with Crippen LogP contribution in [-0.4, -0.2) is 10.8 Å². The third-order valence-corrected chi connectivity index (χ3v) is 3.27. The molecule has 0 aliphatic rings. The molecule has 0 amide bonds. The molecule has 2 aromatic carbocycles. The summed E-state index contributed by atoms with van der Waals surface area (Å²) in [6.07, 6.45) is 3.24. The van der Waals surface area contributed by atoms with Gasteiger partial charge in [0, 0.05) is 35.8 Å². The number of rotatable bonds is 3. The number of hydrogen-bond acceptors (Lipinski definition) is 2. The molecule has 0 N–H and O–H groups in total. The minimum atomic E-state index is -0.681. The molecule has 2 nitrogen and oxygen atoms in total. The van der Waals surface area contributed by atoms with Crippen molar-refractivity contribution in [2.24, 2.45) is 0 Å². The molecule has 0 saturated carbocycles. The molecule has 0 bridgehead atoms. The van der Waals surface area contributed by atoms with Crippen molar-refractivity contribution >= 4 is 16.6 Å². The van der Waals surface area contributed by atoms with Gasteiger partial charge in [0.05, 0.1) is 0 Å². The van der Waals surface area contributed by atoms with Crippen molar-refractivity contribution in [3.8, 4) is 0 Å². The van der Waals surface area contributed by atoms with Crippen LogP contribution in [0.2, 0.25) is 0 Å². The number of ketones is 1. The van der Waals surface area contributed by atoms with Crippen LogP contribution in [0.1, 0.15) is 15.9 Å². The van der Waals surface area contributed by atoms with Crippen molar-refractivity contribution in [3.05, 3.63) is 77.6 Å². The Bertz CT molecular complexity index is 804. The lowest BCUT2D eigenvalue weighted by Crippen LogP contribution is -2.05. The highest BCUT2D eigenvalue weighted by atomic mass is 19.1. The average molecular weight is 283 g/mol. The van der Waals surface area contributed by atoms with Crippen LogP contribution in [0.3, 0.4) is 0 Å². The zero-order valence-electron chi connectivity index (χ0n) is 11.0. The number of nitrogens with zero attached hydrogens (tertiary/aromatic N) is 1. The van der Waals surface area contributed by atoms with Gasteiger partial charge in [-0.05, 0) is 29.1 Å². The van der Waals surface area contributed by atoms with E-state index in [9.17, 15) is 13.6 Å². The van der Waals surface area contributed by atoms with Gasteiger partial charge in [0.15, 0.2) is 5.78 Å². The summed E-state index contributed by atoms with van der Waals surface area (Å²) in [5.41, 5.74) is 0.850. The zero-order valence-corrected chi connectivity index (χ0v) is 11.0. The Morgan fingerprint density at radius 1 is 1.05 bits per heavy atom. The molecule has 0 radical (unpaired) electrons. The lowest BCUT2D eigenvalue weighted by molar-refractivity contribution is 0.0994. The predicted octanol–water partition coefficient (Wildman–Crippen LogP) is 3.94. The molecule has 0 aliphatic carbocycles. The highest BCUT2D eigenvalue weighted by Gasteiger charge is 2.12. The third kappa shape index (κ3) is 2.79. The number of pyridine rings is 1. The number of Topliss-reactive ketones (excluding diaryl/α,β-unsaturated/α-hetero) is 1. The van der Waals surface area contributed by atoms with E-state index in [4.69, 9.17) is 0 Å². The quantitative estimate of drug-likeness (QED) is 0.681. The first-order valence-electron chi connectivity index (χ1n) is 6.44. The Morgan fingerprint density at radius 2 is 1.81 bits per heavy atom. The SMILES string of the molecule is O=C(Cc1cc(F)cc(F)c1)c1cccc2cnccc12. The van der Waals surface area contributed by atoms with Crippen molar-refractivity contribution in [1.29, 1.82) is 0 Å². The maximum atomic E-state index is 13.2. The summed E-state index contributed by atoms with van der Waals surface area (Å²) in [7, 11) is 0. The lowest BCUT2D eigenvalue weighted by Gasteiger charge is -2.06. The van der Waals surface area contributed by atoms with Crippen LogP contribution in [0.4, 0.5) is 8.78 Å². The Hall–Kier alpha value is -2.62. The molecule has 0 aliphatic heterocycles. The number of fused-ring (bicyclic) bond motifs is 1. The first-order chi connectivity index (χ1) is 10.1. The van der Waals surface area contributed by atoms with E-state index in [0.717, 1.165) is 16.8 Å². The molecule has 0 spiro atoms.